The summed E-state index contributed by atoms with van der Waals surface area (Å²) in [6.07, 6.45) is 0. The van der Waals surface area contributed by atoms with Crippen LogP contribution in [0.5, 0.6) is 5.75 Å². The molecule has 5 nitrogen and oxygen atoms in total. The Hall–Kier alpha value is -2.56. The third-order valence-electron chi connectivity index (χ3n) is 3.19. The van der Waals surface area contributed by atoms with Gasteiger partial charge in [0.1, 0.15) is 5.75 Å². The Bertz CT molecular complexity index is 670. The molecule has 0 radical (unpaired) electrons. The van der Waals surface area contributed by atoms with E-state index in [0.717, 1.165) is 17.1 Å². The maximum atomic E-state index is 12.1. The molecule has 0 atom stereocenters. The molecule has 1 aliphatic rings. The summed E-state index contributed by atoms with van der Waals surface area (Å²) in [5.74, 6) is 0.558. The molecule has 0 aliphatic carbocycles. The number of aryl methyl sites for hydroxylation is 1. The molecule has 102 valence electrons. The van der Waals surface area contributed by atoms with E-state index in [-0.39, 0.29) is 12.5 Å². The summed E-state index contributed by atoms with van der Waals surface area (Å²) in [5, 5.41) is 0. The number of nitrogens with zero attached hydrogens (tertiary/aromatic N) is 2. The van der Waals surface area contributed by atoms with Gasteiger partial charge in [0.25, 0.3) is 5.91 Å². The predicted molar refractivity (Wildman–Crippen MR) is 76.5 cm³/mol. The van der Waals surface area contributed by atoms with Crippen molar-refractivity contribution in [2.75, 3.05) is 17.2 Å². The van der Waals surface area contributed by atoms with Crippen molar-refractivity contribution >= 4 is 17.3 Å². The highest BCUT2D eigenvalue weighted by Crippen LogP contribution is 2.34. The number of rotatable bonds is 2. The minimum atomic E-state index is -0.0782. The van der Waals surface area contributed by atoms with E-state index in [9.17, 15) is 4.79 Å². The van der Waals surface area contributed by atoms with Crippen LogP contribution in [0, 0.1) is 6.92 Å². The maximum Gasteiger partial charge on any atom is 0.265 e. The van der Waals surface area contributed by atoms with Gasteiger partial charge in [-0.05, 0) is 31.2 Å². The van der Waals surface area contributed by atoms with Crippen LogP contribution in [-0.4, -0.2) is 17.5 Å². The molecule has 0 saturated carbocycles. The zero-order chi connectivity index (χ0) is 14.1. The van der Waals surface area contributed by atoms with Gasteiger partial charge in [-0.1, -0.05) is 6.07 Å². The number of ether oxygens (including phenoxy) is 1. The number of amides is 1. The van der Waals surface area contributed by atoms with E-state index in [1.165, 1.54) is 0 Å². The first kappa shape index (κ1) is 12.5. The molecule has 2 aromatic rings. The zero-order valence-electron chi connectivity index (χ0n) is 11.2. The Morgan fingerprint density at radius 3 is 3.00 bits per heavy atom. The summed E-state index contributed by atoms with van der Waals surface area (Å²) in [7, 11) is 0. The van der Waals surface area contributed by atoms with Crippen LogP contribution >= 0.6 is 0 Å². The molecule has 1 aromatic heterocycles. The molecule has 2 N–H and O–H groups in total. The molecular weight excluding hydrogens is 254 g/mol. The monoisotopic (exact) mass is 269 g/mol. The second-order valence-corrected chi connectivity index (χ2v) is 4.77. The Balaban J connectivity index is 1.95. The Labute approximate surface area is 117 Å². The normalized spacial score (nSPS) is 13.8. The van der Waals surface area contributed by atoms with Gasteiger partial charge in [-0.3, -0.25) is 14.7 Å². The lowest BCUT2D eigenvalue weighted by Crippen LogP contribution is -2.38. The van der Waals surface area contributed by atoms with Gasteiger partial charge in [0.15, 0.2) is 6.61 Å². The topological polar surface area (TPSA) is 68.5 Å². The quantitative estimate of drug-likeness (QED) is 0.845. The number of nitrogens with two attached hydrogens (primary N) is 1. The summed E-state index contributed by atoms with van der Waals surface area (Å²) in [4.78, 5) is 18.2. The number of carbonyl (C=O) groups is 1. The van der Waals surface area contributed by atoms with Crippen LogP contribution in [0.1, 0.15) is 11.4 Å². The summed E-state index contributed by atoms with van der Waals surface area (Å²) in [6.45, 7) is 2.39. The van der Waals surface area contributed by atoms with Gasteiger partial charge < -0.3 is 10.5 Å². The molecular formula is C15H15N3O2. The first-order chi connectivity index (χ1) is 9.63. The lowest BCUT2D eigenvalue weighted by atomic mass is 10.2. The minimum Gasteiger partial charge on any atom is -0.481 e. The van der Waals surface area contributed by atoms with Crippen LogP contribution in [0.2, 0.25) is 0 Å². The number of hydrogen-bond donors (Lipinski definition) is 1. The molecule has 0 saturated heterocycles. The molecule has 3 rings (SSSR count). The number of pyridine rings is 1. The summed E-state index contributed by atoms with van der Waals surface area (Å²) in [6, 6.07) is 11.1. The van der Waals surface area contributed by atoms with E-state index >= 15 is 0 Å². The molecule has 0 spiro atoms. The number of carbonyl (C=O) groups excluding carboxylic acids is 1. The first-order valence-electron chi connectivity index (χ1n) is 6.39. The van der Waals surface area contributed by atoms with Crippen molar-refractivity contribution in [1.29, 1.82) is 0 Å². The molecule has 1 amide bonds. The highest BCUT2D eigenvalue weighted by Gasteiger charge is 2.25. The van der Waals surface area contributed by atoms with Gasteiger partial charge in [0.05, 0.1) is 17.9 Å². The molecule has 20 heavy (non-hydrogen) atoms. The molecule has 2 heterocycles. The summed E-state index contributed by atoms with van der Waals surface area (Å²) >= 11 is 0. The molecule has 1 aromatic carbocycles. The fourth-order valence-corrected chi connectivity index (χ4v) is 2.24. The molecule has 0 bridgehead atoms. The van der Waals surface area contributed by atoms with Crippen LogP contribution in [0.25, 0.3) is 0 Å². The van der Waals surface area contributed by atoms with Crippen LogP contribution in [0.3, 0.4) is 0 Å². The fourth-order valence-electron chi connectivity index (χ4n) is 2.24. The third-order valence-corrected chi connectivity index (χ3v) is 3.19. The van der Waals surface area contributed by atoms with Gasteiger partial charge in [0, 0.05) is 17.4 Å². The van der Waals surface area contributed by atoms with E-state index in [1.807, 2.05) is 25.1 Å². The molecule has 0 unspecified atom stereocenters. The lowest BCUT2D eigenvalue weighted by Gasteiger charge is -2.29. The number of benzene rings is 1. The van der Waals surface area contributed by atoms with Gasteiger partial charge in [-0.25, -0.2) is 0 Å². The number of anilines is 2. The number of fused-ring (bicyclic) bond motifs is 1. The number of nitrogen functional groups attached to an aromatic ring is 1. The second-order valence-electron chi connectivity index (χ2n) is 4.77. The minimum absolute atomic E-state index is 0.0300. The van der Waals surface area contributed by atoms with E-state index in [0.29, 0.717) is 18.0 Å². The Kier molecular flexibility index (Phi) is 3.02. The summed E-state index contributed by atoms with van der Waals surface area (Å²) in [5.41, 5.74) is 8.87. The Morgan fingerprint density at radius 2 is 2.20 bits per heavy atom. The molecule has 5 heteroatoms. The second kappa shape index (κ2) is 4.85. The highest BCUT2D eigenvalue weighted by atomic mass is 16.5. The van der Waals surface area contributed by atoms with Gasteiger partial charge in [-0.2, -0.15) is 0 Å². The average molecular weight is 269 g/mol. The van der Waals surface area contributed by atoms with Crippen LogP contribution < -0.4 is 15.4 Å². The summed E-state index contributed by atoms with van der Waals surface area (Å²) < 4.78 is 5.42. The van der Waals surface area contributed by atoms with Crippen molar-refractivity contribution < 1.29 is 9.53 Å². The average Bonchev–Trinajstić information content (AvgIpc) is 2.42. The smallest absolute Gasteiger partial charge is 0.265 e. The number of aromatic nitrogens is 1. The van der Waals surface area contributed by atoms with Crippen molar-refractivity contribution in [2.45, 2.75) is 13.5 Å². The third kappa shape index (κ3) is 2.30. The van der Waals surface area contributed by atoms with E-state index in [4.69, 9.17) is 10.5 Å². The lowest BCUT2D eigenvalue weighted by molar-refractivity contribution is -0.121. The van der Waals surface area contributed by atoms with Crippen molar-refractivity contribution in [2.24, 2.45) is 0 Å². The van der Waals surface area contributed by atoms with Crippen LogP contribution in [0.15, 0.2) is 36.4 Å². The van der Waals surface area contributed by atoms with Crippen molar-refractivity contribution in [3.63, 3.8) is 0 Å². The highest BCUT2D eigenvalue weighted by molar-refractivity contribution is 5.98. The van der Waals surface area contributed by atoms with E-state index in [2.05, 4.69) is 4.98 Å². The van der Waals surface area contributed by atoms with Crippen molar-refractivity contribution in [1.82, 2.24) is 4.98 Å². The maximum absolute atomic E-state index is 12.1. The van der Waals surface area contributed by atoms with Gasteiger partial charge >= 0.3 is 0 Å². The van der Waals surface area contributed by atoms with E-state index < -0.39 is 0 Å². The SMILES string of the molecule is Cc1cccc(CN2C(=O)COc3cc(N)ccc32)n1. The van der Waals surface area contributed by atoms with Gasteiger partial charge in [-0.15, -0.1) is 0 Å². The largest absolute Gasteiger partial charge is 0.481 e. The van der Waals surface area contributed by atoms with E-state index in [1.54, 1.807) is 23.1 Å². The predicted octanol–water partition coefficient (Wildman–Crippen LogP) is 1.90. The standard InChI is InChI=1S/C15H15N3O2/c1-10-3-2-4-12(17-10)8-18-13-6-5-11(16)7-14(13)20-9-15(18)19/h2-7H,8-9,16H2,1H3. The van der Waals surface area contributed by atoms with Crippen LogP contribution in [0.4, 0.5) is 11.4 Å². The molecule has 1 aliphatic heterocycles. The van der Waals surface area contributed by atoms with Crippen LogP contribution in [-0.2, 0) is 11.3 Å². The fraction of sp³-hybridized carbons (Fsp3) is 0.200. The first-order valence-corrected chi connectivity index (χ1v) is 6.39. The van der Waals surface area contributed by atoms with Crippen molar-refractivity contribution in [3.05, 3.63) is 47.8 Å². The molecule has 0 fully saturated rings. The van der Waals surface area contributed by atoms with Gasteiger partial charge in [0.2, 0.25) is 0 Å². The number of hydrogen-bond acceptors (Lipinski definition) is 4. The Morgan fingerprint density at radius 1 is 1.35 bits per heavy atom. The zero-order valence-corrected chi connectivity index (χ0v) is 11.2. The van der Waals surface area contributed by atoms with Crippen molar-refractivity contribution in [3.8, 4) is 5.75 Å².